The second-order valence-corrected chi connectivity index (χ2v) is 2.30. The van der Waals surface area contributed by atoms with Crippen molar-refractivity contribution in [2.45, 2.75) is 19.8 Å². The lowest BCUT2D eigenvalue weighted by Crippen LogP contribution is -2.14. The lowest BCUT2D eigenvalue weighted by molar-refractivity contribution is -0.118. The average molecular weight is 127 g/mol. The van der Waals surface area contributed by atoms with E-state index in [0.29, 0.717) is 12.3 Å². The van der Waals surface area contributed by atoms with E-state index < -0.39 is 0 Å². The highest BCUT2D eigenvalue weighted by Crippen LogP contribution is 2.05. The summed E-state index contributed by atoms with van der Waals surface area (Å²) >= 11 is 0. The Bertz CT molecular complexity index is 109. The Balaban J connectivity index is 3.37. The molecule has 0 rings (SSSR count). The van der Waals surface area contributed by atoms with Gasteiger partial charge in [0.1, 0.15) is 0 Å². The lowest BCUT2D eigenvalue weighted by atomic mass is 10.0. The second kappa shape index (κ2) is 4.13. The Morgan fingerprint density at radius 3 is 2.78 bits per heavy atom. The highest BCUT2D eigenvalue weighted by atomic mass is 16.1. The van der Waals surface area contributed by atoms with Crippen LogP contribution in [0, 0.1) is 5.92 Å². The van der Waals surface area contributed by atoms with Crippen molar-refractivity contribution < 1.29 is 4.79 Å². The molecule has 0 aromatic rings. The molecular formula is C7H13NO. The van der Waals surface area contributed by atoms with Gasteiger partial charge in [0.2, 0.25) is 5.91 Å². The Kier molecular flexibility index (Phi) is 3.76. The van der Waals surface area contributed by atoms with Gasteiger partial charge >= 0.3 is 0 Å². The molecule has 0 aliphatic carbocycles. The summed E-state index contributed by atoms with van der Waals surface area (Å²) < 4.78 is 0. The number of carbonyl (C=O) groups excluding carboxylic acids is 1. The van der Waals surface area contributed by atoms with Gasteiger partial charge in [0.15, 0.2) is 0 Å². The van der Waals surface area contributed by atoms with Crippen molar-refractivity contribution in [2.75, 3.05) is 0 Å². The third-order valence-corrected chi connectivity index (χ3v) is 1.12. The fraction of sp³-hybridized carbons (Fsp3) is 0.571. The van der Waals surface area contributed by atoms with Crippen LogP contribution in [-0.2, 0) is 4.79 Å². The Hall–Kier alpha value is -0.790. The topological polar surface area (TPSA) is 43.1 Å². The first kappa shape index (κ1) is 8.21. The number of primary amides is 1. The van der Waals surface area contributed by atoms with E-state index in [1.165, 1.54) is 0 Å². The molecule has 0 heterocycles. The normalized spacial score (nSPS) is 12.6. The summed E-state index contributed by atoms with van der Waals surface area (Å²) in [5.41, 5.74) is 4.95. The van der Waals surface area contributed by atoms with E-state index in [9.17, 15) is 4.79 Å². The van der Waals surface area contributed by atoms with Crippen molar-refractivity contribution in [2.24, 2.45) is 11.7 Å². The minimum Gasteiger partial charge on any atom is -0.370 e. The molecular weight excluding hydrogens is 114 g/mol. The maximum absolute atomic E-state index is 10.3. The van der Waals surface area contributed by atoms with Crippen molar-refractivity contribution >= 4 is 5.91 Å². The monoisotopic (exact) mass is 127 g/mol. The molecule has 0 aromatic heterocycles. The van der Waals surface area contributed by atoms with Crippen LogP contribution < -0.4 is 5.73 Å². The maximum Gasteiger partial charge on any atom is 0.217 e. The van der Waals surface area contributed by atoms with Crippen LogP contribution in [-0.4, -0.2) is 5.91 Å². The van der Waals surface area contributed by atoms with E-state index in [4.69, 9.17) is 5.73 Å². The van der Waals surface area contributed by atoms with Gasteiger partial charge in [0.25, 0.3) is 0 Å². The van der Waals surface area contributed by atoms with Crippen LogP contribution in [0.15, 0.2) is 12.7 Å². The molecule has 0 fully saturated rings. The standard InChI is InChI=1S/C7H13NO/c1-3-4-6(2)5-7(8)9/h3,6H,1,4-5H2,2H3,(H2,8,9)/t6-/m0/s1. The Morgan fingerprint density at radius 1 is 1.89 bits per heavy atom. The van der Waals surface area contributed by atoms with Gasteiger partial charge in [-0.2, -0.15) is 0 Å². The second-order valence-electron chi connectivity index (χ2n) is 2.30. The van der Waals surface area contributed by atoms with Gasteiger partial charge in [-0.15, -0.1) is 6.58 Å². The van der Waals surface area contributed by atoms with E-state index in [-0.39, 0.29) is 5.91 Å². The predicted molar refractivity (Wildman–Crippen MR) is 37.8 cm³/mol. The quantitative estimate of drug-likeness (QED) is 0.564. The number of rotatable bonds is 4. The Labute approximate surface area is 55.7 Å². The molecule has 0 aliphatic heterocycles. The van der Waals surface area contributed by atoms with Crippen molar-refractivity contribution in [3.05, 3.63) is 12.7 Å². The average Bonchev–Trinajstić information content (AvgIpc) is 1.63. The fourth-order valence-corrected chi connectivity index (χ4v) is 0.711. The first-order valence-electron chi connectivity index (χ1n) is 3.06. The summed E-state index contributed by atoms with van der Waals surface area (Å²) in [6.07, 6.45) is 3.13. The highest BCUT2D eigenvalue weighted by molar-refractivity contribution is 5.73. The third kappa shape index (κ3) is 5.07. The minimum absolute atomic E-state index is 0.232. The van der Waals surface area contributed by atoms with E-state index in [2.05, 4.69) is 6.58 Å². The van der Waals surface area contributed by atoms with Gasteiger partial charge in [-0.3, -0.25) is 4.79 Å². The fourth-order valence-electron chi connectivity index (χ4n) is 0.711. The molecule has 0 unspecified atom stereocenters. The van der Waals surface area contributed by atoms with Gasteiger partial charge in [-0.05, 0) is 12.3 Å². The molecule has 2 N–H and O–H groups in total. The molecule has 0 aromatic carbocycles. The van der Waals surface area contributed by atoms with Crippen molar-refractivity contribution in [1.29, 1.82) is 0 Å². The van der Waals surface area contributed by atoms with Gasteiger partial charge in [0.05, 0.1) is 0 Å². The SMILES string of the molecule is C=CC[C@H](C)CC(N)=O. The molecule has 0 saturated heterocycles. The highest BCUT2D eigenvalue weighted by Gasteiger charge is 2.01. The van der Waals surface area contributed by atoms with Crippen LogP contribution >= 0.6 is 0 Å². The van der Waals surface area contributed by atoms with Crippen molar-refractivity contribution in [3.63, 3.8) is 0 Å². The third-order valence-electron chi connectivity index (χ3n) is 1.12. The molecule has 1 amide bonds. The summed E-state index contributed by atoms with van der Waals surface area (Å²) in [6.45, 7) is 5.53. The largest absolute Gasteiger partial charge is 0.370 e. The van der Waals surface area contributed by atoms with Crippen LogP contribution in [0.1, 0.15) is 19.8 Å². The summed E-state index contributed by atoms with van der Waals surface area (Å²) in [5.74, 6) is 0.115. The zero-order valence-corrected chi connectivity index (χ0v) is 5.76. The van der Waals surface area contributed by atoms with Gasteiger partial charge in [-0.1, -0.05) is 13.0 Å². The van der Waals surface area contributed by atoms with Crippen molar-refractivity contribution in [1.82, 2.24) is 0 Å². The van der Waals surface area contributed by atoms with Crippen LogP contribution in [0.4, 0.5) is 0 Å². The summed E-state index contributed by atoms with van der Waals surface area (Å²) in [7, 11) is 0. The molecule has 0 radical (unpaired) electrons. The first-order chi connectivity index (χ1) is 4.16. The van der Waals surface area contributed by atoms with Gasteiger partial charge < -0.3 is 5.73 Å². The number of amides is 1. The number of hydrogen-bond acceptors (Lipinski definition) is 1. The zero-order valence-electron chi connectivity index (χ0n) is 5.76. The maximum atomic E-state index is 10.3. The summed E-state index contributed by atoms with van der Waals surface area (Å²) in [5, 5.41) is 0. The van der Waals surface area contributed by atoms with E-state index in [1.54, 1.807) is 6.08 Å². The lowest BCUT2D eigenvalue weighted by Gasteiger charge is -2.02. The minimum atomic E-state index is -0.232. The van der Waals surface area contributed by atoms with Crippen LogP contribution in [0.2, 0.25) is 0 Å². The zero-order chi connectivity index (χ0) is 7.28. The Morgan fingerprint density at radius 2 is 2.44 bits per heavy atom. The molecule has 2 nitrogen and oxygen atoms in total. The first-order valence-corrected chi connectivity index (χ1v) is 3.06. The van der Waals surface area contributed by atoms with Crippen LogP contribution in [0.25, 0.3) is 0 Å². The molecule has 0 saturated carbocycles. The van der Waals surface area contributed by atoms with E-state index >= 15 is 0 Å². The van der Waals surface area contributed by atoms with E-state index in [1.807, 2.05) is 6.92 Å². The summed E-state index contributed by atoms with van der Waals surface area (Å²) in [4.78, 5) is 10.3. The molecule has 1 atom stereocenters. The number of carbonyl (C=O) groups is 1. The molecule has 0 aliphatic rings. The molecule has 2 heteroatoms. The number of hydrogen-bond donors (Lipinski definition) is 1. The molecule has 9 heavy (non-hydrogen) atoms. The molecule has 0 bridgehead atoms. The number of allylic oxidation sites excluding steroid dienone is 1. The molecule has 52 valence electrons. The smallest absolute Gasteiger partial charge is 0.217 e. The predicted octanol–water partition coefficient (Wildman–Crippen LogP) is 1.07. The van der Waals surface area contributed by atoms with Gasteiger partial charge in [0, 0.05) is 6.42 Å². The van der Waals surface area contributed by atoms with Gasteiger partial charge in [-0.25, -0.2) is 0 Å². The van der Waals surface area contributed by atoms with Crippen LogP contribution in [0.5, 0.6) is 0 Å². The van der Waals surface area contributed by atoms with Crippen molar-refractivity contribution in [3.8, 4) is 0 Å². The summed E-state index contributed by atoms with van der Waals surface area (Å²) in [6, 6.07) is 0. The molecule has 0 spiro atoms. The van der Waals surface area contributed by atoms with E-state index in [0.717, 1.165) is 6.42 Å². The number of nitrogens with two attached hydrogens (primary N) is 1. The van der Waals surface area contributed by atoms with Crippen LogP contribution in [0.3, 0.4) is 0 Å².